The van der Waals surface area contributed by atoms with E-state index in [1.807, 2.05) is 22.9 Å². The van der Waals surface area contributed by atoms with Crippen molar-refractivity contribution in [2.45, 2.75) is 25.3 Å². The normalized spacial score (nSPS) is 13.4. The van der Waals surface area contributed by atoms with E-state index in [4.69, 9.17) is 4.74 Å². The first kappa shape index (κ1) is 17.1. The minimum absolute atomic E-state index is 0.0605. The van der Waals surface area contributed by atoms with Crippen LogP contribution in [0.2, 0.25) is 0 Å². The summed E-state index contributed by atoms with van der Waals surface area (Å²) < 4.78 is 20.5. The van der Waals surface area contributed by atoms with Gasteiger partial charge in [-0.2, -0.15) is 0 Å². The zero-order valence-electron chi connectivity index (χ0n) is 14.7. The first-order valence-electron chi connectivity index (χ1n) is 8.64. The molecular weight excluding hydrogens is 349 g/mol. The highest BCUT2D eigenvalue weighted by Crippen LogP contribution is 2.36. The van der Waals surface area contributed by atoms with Gasteiger partial charge < -0.3 is 10.1 Å². The standard InChI is InChI=1S/C19H18FN5O2/c1-27-17-8-5-12(9-16(17)20)10-18(26)21-14-4-2-3-13(11-14)19-22-23-24-25(19)15-6-7-15/h2-5,8-9,11,15H,6-7,10H2,1H3,(H,21,26). The van der Waals surface area contributed by atoms with Crippen molar-refractivity contribution in [3.05, 3.63) is 53.8 Å². The Morgan fingerprint density at radius 1 is 1.30 bits per heavy atom. The van der Waals surface area contributed by atoms with E-state index in [1.165, 1.54) is 19.2 Å². The predicted molar refractivity (Wildman–Crippen MR) is 96.8 cm³/mol. The van der Waals surface area contributed by atoms with E-state index in [0.717, 1.165) is 18.4 Å². The number of benzene rings is 2. The maximum Gasteiger partial charge on any atom is 0.228 e. The first-order chi connectivity index (χ1) is 13.1. The Labute approximate surface area is 155 Å². The number of nitrogens with zero attached hydrogens (tertiary/aromatic N) is 4. The van der Waals surface area contributed by atoms with Gasteiger partial charge in [0.1, 0.15) is 0 Å². The number of anilines is 1. The molecule has 0 unspecified atom stereocenters. The Kier molecular flexibility index (Phi) is 4.53. The molecule has 1 aliphatic rings. The molecule has 0 saturated heterocycles. The molecule has 1 aromatic heterocycles. The molecule has 1 heterocycles. The van der Waals surface area contributed by atoms with Crippen LogP contribution in [0, 0.1) is 5.82 Å². The lowest BCUT2D eigenvalue weighted by molar-refractivity contribution is -0.115. The van der Waals surface area contributed by atoms with Crippen molar-refractivity contribution in [1.82, 2.24) is 20.2 Å². The molecule has 0 radical (unpaired) electrons. The summed E-state index contributed by atoms with van der Waals surface area (Å²) in [6, 6.07) is 12.2. The van der Waals surface area contributed by atoms with Gasteiger partial charge in [0.2, 0.25) is 5.91 Å². The minimum Gasteiger partial charge on any atom is -0.494 e. The Balaban J connectivity index is 1.47. The summed E-state index contributed by atoms with van der Waals surface area (Å²) >= 11 is 0. The fraction of sp³-hybridized carbons (Fsp3) is 0.263. The van der Waals surface area contributed by atoms with Crippen molar-refractivity contribution in [2.75, 3.05) is 12.4 Å². The number of halogens is 1. The van der Waals surface area contributed by atoms with Crippen LogP contribution in [0.1, 0.15) is 24.4 Å². The topological polar surface area (TPSA) is 81.9 Å². The molecule has 3 aromatic rings. The number of carbonyl (C=O) groups excluding carboxylic acids is 1. The van der Waals surface area contributed by atoms with E-state index in [1.54, 1.807) is 12.1 Å². The number of tetrazole rings is 1. The number of methoxy groups -OCH3 is 1. The average molecular weight is 367 g/mol. The third kappa shape index (κ3) is 3.79. The van der Waals surface area contributed by atoms with E-state index < -0.39 is 5.82 Å². The fourth-order valence-corrected chi connectivity index (χ4v) is 2.90. The van der Waals surface area contributed by atoms with Crippen LogP contribution in [0.5, 0.6) is 5.75 Å². The van der Waals surface area contributed by atoms with E-state index in [-0.39, 0.29) is 18.1 Å². The highest BCUT2D eigenvalue weighted by atomic mass is 19.1. The van der Waals surface area contributed by atoms with Gasteiger partial charge in [-0.1, -0.05) is 18.2 Å². The Hall–Kier alpha value is -3.29. The van der Waals surface area contributed by atoms with Crippen LogP contribution in [0.25, 0.3) is 11.4 Å². The number of ether oxygens (including phenoxy) is 1. The summed E-state index contributed by atoms with van der Waals surface area (Å²) in [7, 11) is 1.40. The van der Waals surface area contributed by atoms with Crippen LogP contribution < -0.4 is 10.1 Å². The second-order valence-corrected chi connectivity index (χ2v) is 6.45. The maximum absolute atomic E-state index is 13.8. The van der Waals surface area contributed by atoms with Gasteiger partial charge in [0, 0.05) is 11.3 Å². The number of nitrogens with one attached hydrogen (secondary N) is 1. The third-order valence-corrected chi connectivity index (χ3v) is 4.37. The Bertz CT molecular complexity index is 984. The lowest BCUT2D eigenvalue weighted by Crippen LogP contribution is -2.14. The monoisotopic (exact) mass is 367 g/mol. The van der Waals surface area contributed by atoms with Crippen LogP contribution in [0.15, 0.2) is 42.5 Å². The lowest BCUT2D eigenvalue weighted by Gasteiger charge is -2.09. The number of hydrogen-bond acceptors (Lipinski definition) is 5. The molecule has 4 rings (SSSR count). The second kappa shape index (κ2) is 7.14. The predicted octanol–water partition coefficient (Wildman–Crippen LogP) is 3.00. The fourth-order valence-electron chi connectivity index (χ4n) is 2.90. The summed E-state index contributed by atoms with van der Waals surface area (Å²) in [5, 5.41) is 14.7. The quantitative estimate of drug-likeness (QED) is 0.724. The zero-order chi connectivity index (χ0) is 18.8. The average Bonchev–Trinajstić information content (AvgIpc) is 3.38. The number of rotatable bonds is 6. The molecule has 1 fully saturated rings. The summed E-state index contributed by atoms with van der Waals surface area (Å²) in [6.07, 6.45) is 2.21. The van der Waals surface area contributed by atoms with Gasteiger partial charge in [0.25, 0.3) is 0 Å². The number of carbonyl (C=O) groups is 1. The summed E-state index contributed by atoms with van der Waals surface area (Å²) in [5.41, 5.74) is 2.04. The molecule has 1 saturated carbocycles. The molecule has 138 valence electrons. The molecule has 1 amide bonds. The molecule has 1 aliphatic carbocycles. The largest absolute Gasteiger partial charge is 0.494 e. The van der Waals surface area contributed by atoms with Gasteiger partial charge in [-0.25, -0.2) is 9.07 Å². The number of hydrogen-bond donors (Lipinski definition) is 1. The molecule has 2 aromatic carbocycles. The molecule has 0 bridgehead atoms. The molecule has 0 aliphatic heterocycles. The molecule has 1 N–H and O–H groups in total. The summed E-state index contributed by atoms with van der Waals surface area (Å²) in [6.45, 7) is 0. The van der Waals surface area contributed by atoms with Crippen molar-refractivity contribution in [2.24, 2.45) is 0 Å². The lowest BCUT2D eigenvalue weighted by atomic mass is 10.1. The highest BCUT2D eigenvalue weighted by molar-refractivity contribution is 5.92. The maximum atomic E-state index is 13.8. The smallest absolute Gasteiger partial charge is 0.228 e. The molecule has 0 atom stereocenters. The second-order valence-electron chi connectivity index (χ2n) is 6.45. The molecule has 27 heavy (non-hydrogen) atoms. The van der Waals surface area contributed by atoms with Crippen LogP contribution in [0.3, 0.4) is 0 Å². The Morgan fingerprint density at radius 3 is 2.89 bits per heavy atom. The van der Waals surface area contributed by atoms with Crippen LogP contribution >= 0.6 is 0 Å². The van der Waals surface area contributed by atoms with Gasteiger partial charge in [0.15, 0.2) is 17.4 Å². The SMILES string of the molecule is COc1ccc(CC(=O)Nc2cccc(-c3nnnn3C3CC3)c2)cc1F. The summed E-state index contributed by atoms with van der Waals surface area (Å²) in [5.74, 6) is 0.112. The van der Waals surface area contributed by atoms with Gasteiger partial charge in [-0.05, 0) is 53.1 Å². The third-order valence-electron chi connectivity index (χ3n) is 4.37. The van der Waals surface area contributed by atoms with Crippen molar-refractivity contribution < 1.29 is 13.9 Å². The van der Waals surface area contributed by atoms with Crippen molar-refractivity contribution in [3.63, 3.8) is 0 Å². The molecule has 7 nitrogen and oxygen atoms in total. The van der Waals surface area contributed by atoms with Crippen molar-refractivity contribution >= 4 is 11.6 Å². The molecular formula is C19H18FN5O2. The molecule has 8 heteroatoms. The van der Waals surface area contributed by atoms with E-state index >= 15 is 0 Å². The number of amides is 1. The first-order valence-corrected chi connectivity index (χ1v) is 8.64. The minimum atomic E-state index is -0.489. The van der Waals surface area contributed by atoms with Crippen molar-refractivity contribution in [1.29, 1.82) is 0 Å². The van der Waals surface area contributed by atoms with Crippen LogP contribution in [-0.2, 0) is 11.2 Å². The van der Waals surface area contributed by atoms with Gasteiger partial charge in [-0.15, -0.1) is 5.10 Å². The van der Waals surface area contributed by atoms with Crippen LogP contribution in [0.4, 0.5) is 10.1 Å². The number of aromatic nitrogens is 4. The zero-order valence-corrected chi connectivity index (χ0v) is 14.7. The van der Waals surface area contributed by atoms with E-state index in [2.05, 4.69) is 20.8 Å². The summed E-state index contributed by atoms with van der Waals surface area (Å²) in [4.78, 5) is 12.3. The van der Waals surface area contributed by atoms with Gasteiger partial charge in [0.05, 0.1) is 19.6 Å². The van der Waals surface area contributed by atoms with Gasteiger partial charge >= 0.3 is 0 Å². The van der Waals surface area contributed by atoms with Gasteiger partial charge in [-0.3, -0.25) is 4.79 Å². The van der Waals surface area contributed by atoms with E-state index in [0.29, 0.717) is 23.1 Å². The molecule has 0 spiro atoms. The van der Waals surface area contributed by atoms with Crippen molar-refractivity contribution in [3.8, 4) is 17.1 Å². The van der Waals surface area contributed by atoms with E-state index in [9.17, 15) is 9.18 Å². The Morgan fingerprint density at radius 2 is 2.15 bits per heavy atom. The van der Waals surface area contributed by atoms with Crippen LogP contribution in [-0.4, -0.2) is 33.2 Å². The highest BCUT2D eigenvalue weighted by Gasteiger charge is 2.28.